The second-order valence-corrected chi connectivity index (χ2v) is 7.11. The lowest BCUT2D eigenvalue weighted by atomic mass is 9.95. The van der Waals surface area contributed by atoms with Crippen molar-refractivity contribution < 1.29 is 13.2 Å². The fourth-order valence-electron chi connectivity index (χ4n) is 2.58. The van der Waals surface area contributed by atoms with Gasteiger partial charge in [0.2, 0.25) is 10.0 Å². The van der Waals surface area contributed by atoms with Gasteiger partial charge in [-0.25, -0.2) is 13.6 Å². The summed E-state index contributed by atoms with van der Waals surface area (Å²) in [6.45, 7) is 7.02. The minimum atomic E-state index is -3.97. The molecular formula is C12H20N4O3S. The smallest absolute Gasteiger partial charge is 0.275 e. The molecule has 3 N–H and O–H groups in total. The van der Waals surface area contributed by atoms with Gasteiger partial charge in [-0.05, 0) is 25.2 Å². The standard InChI is InChI=1S/C12H20N4O3S/c1-7(2)9-4-5-16(6-9)12(17)10-11(20(13,18)19)8(3)14-15-10/h7,9H,4-6H2,1-3H3,(H,14,15)(H2,13,18,19). The van der Waals surface area contributed by atoms with Gasteiger partial charge in [-0.1, -0.05) is 13.8 Å². The third-order valence-electron chi connectivity index (χ3n) is 3.83. The first kappa shape index (κ1) is 15.0. The molecule has 112 valence electrons. The molecule has 1 fully saturated rings. The minimum Gasteiger partial charge on any atom is -0.337 e. The van der Waals surface area contributed by atoms with Crippen molar-refractivity contribution in [2.24, 2.45) is 17.0 Å². The number of carbonyl (C=O) groups excluding carboxylic acids is 1. The molecule has 1 saturated heterocycles. The molecule has 8 heteroatoms. The topological polar surface area (TPSA) is 109 Å². The lowest BCUT2D eigenvalue weighted by molar-refractivity contribution is 0.0774. The lowest BCUT2D eigenvalue weighted by Gasteiger charge is -2.17. The molecule has 0 bridgehead atoms. The molecule has 0 aromatic carbocycles. The quantitative estimate of drug-likeness (QED) is 0.846. The van der Waals surface area contributed by atoms with Gasteiger partial charge in [-0.3, -0.25) is 9.89 Å². The number of amides is 1. The number of aryl methyl sites for hydroxylation is 1. The van der Waals surface area contributed by atoms with Crippen LogP contribution in [0.1, 0.15) is 36.5 Å². The number of carbonyl (C=O) groups is 1. The Morgan fingerprint density at radius 2 is 2.15 bits per heavy atom. The number of nitrogens with one attached hydrogen (secondary N) is 1. The highest BCUT2D eigenvalue weighted by molar-refractivity contribution is 7.89. The largest absolute Gasteiger partial charge is 0.337 e. The van der Waals surface area contributed by atoms with E-state index in [2.05, 4.69) is 24.0 Å². The maximum absolute atomic E-state index is 12.4. The summed E-state index contributed by atoms with van der Waals surface area (Å²) in [5.74, 6) is 0.560. The molecule has 0 saturated carbocycles. The molecule has 2 rings (SSSR count). The molecule has 1 aromatic heterocycles. The number of primary sulfonamides is 1. The summed E-state index contributed by atoms with van der Waals surface area (Å²) in [5.41, 5.74) is 0.185. The van der Waals surface area contributed by atoms with Gasteiger partial charge >= 0.3 is 0 Å². The van der Waals surface area contributed by atoms with E-state index < -0.39 is 10.0 Å². The van der Waals surface area contributed by atoms with E-state index in [1.165, 1.54) is 6.92 Å². The number of H-pyrrole nitrogens is 1. The van der Waals surface area contributed by atoms with Crippen molar-refractivity contribution in [1.82, 2.24) is 15.1 Å². The number of aromatic nitrogens is 2. The van der Waals surface area contributed by atoms with Crippen molar-refractivity contribution >= 4 is 15.9 Å². The lowest BCUT2D eigenvalue weighted by Crippen LogP contribution is -2.31. The van der Waals surface area contributed by atoms with Gasteiger partial charge in [0.15, 0.2) is 5.69 Å². The first-order chi connectivity index (χ1) is 9.21. The SMILES string of the molecule is Cc1[nH]nc(C(=O)N2CCC(C(C)C)C2)c1S(N)(=O)=O. The Morgan fingerprint density at radius 1 is 1.50 bits per heavy atom. The Labute approximate surface area is 118 Å². The molecule has 1 unspecified atom stereocenters. The van der Waals surface area contributed by atoms with Crippen LogP contribution >= 0.6 is 0 Å². The number of nitrogens with zero attached hydrogens (tertiary/aromatic N) is 2. The second kappa shape index (κ2) is 5.17. The molecule has 1 atom stereocenters. The van der Waals surface area contributed by atoms with Crippen LogP contribution in [0.3, 0.4) is 0 Å². The molecule has 0 aliphatic carbocycles. The Balaban J connectivity index is 2.28. The number of rotatable bonds is 3. The van der Waals surface area contributed by atoms with Crippen molar-refractivity contribution in [3.8, 4) is 0 Å². The second-order valence-electron chi connectivity index (χ2n) is 5.62. The first-order valence-electron chi connectivity index (χ1n) is 6.59. The van der Waals surface area contributed by atoms with Gasteiger partial charge in [0.25, 0.3) is 5.91 Å². The van der Waals surface area contributed by atoms with Crippen molar-refractivity contribution in [3.63, 3.8) is 0 Å². The van der Waals surface area contributed by atoms with E-state index >= 15 is 0 Å². The predicted molar refractivity (Wildman–Crippen MR) is 73.5 cm³/mol. The van der Waals surface area contributed by atoms with E-state index in [1.807, 2.05) is 0 Å². The Hall–Kier alpha value is -1.41. The monoisotopic (exact) mass is 300 g/mol. The highest BCUT2D eigenvalue weighted by atomic mass is 32.2. The summed E-state index contributed by atoms with van der Waals surface area (Å²) >= 11 is 0. The van der Waals surface area contributed by atoms with Gasteiger partial charge in [0, 0.05) is 13.1 Å². The van der Waals surface area contributed by atoms with E-state index in [4.69, 9.17) is 5.14 Å². The van der Waals surface area contributed by atoms with Crippen LogP contribution in [0.4, 0.5) is 0 Å². The number of likely N-dealkylation sites (tertiary alicyclic amines) is 1. The third kappa shape index (κ3) is 2.71. The van der Waals surface area contributed by atoms with E-state index in [1.54, 1.807) is 4.90 Å². The zero-order valence-corrected chi connectivity index (χ0v) is 12.7. The summed E-state index contributed by atoms with van der Waals surface area (Å²) in [4.78, 5) is 13.9. The fourth-order valence-corrected chi connectivity index (χ4v) is 3.45. The molecule has 0 spiro atoms. The average Bonchev–Trinajstić information content (AvgIpc) is 2.92. The first-order valence-corrected chi connectivity index (χ1v) is 8.13. The summed E-state index contributed by atoms with van der Waals surface area (Å²) in [7, 11) is -3.97. The van der Waals surface area contributed by atoms with Crippen molar-refractivity contribution in [2.45, 2.75) is 32.1 Å². The molecular weight excluding hydrogens is 280 g/mol. The average molecular weight is 300 g/mol. The molecule has 1 aliphatic heterocycles. The maximum atomic E-state index is 12.4. The zero-order chi connectivity index (χ0) is 15.1. The van der Waals surface area contributed by atoms with Gasteiger partial charge in [0.1, 0.15) is 4.90 Å². The Kier molecular flexibility index (Phi) is 3.88. The number of hydrogen-bond acceptors (Lipinski definition) is 4. The van der Waals surface area contributed by atoms with Crippen LogP contribution in [0.15, 0.2) is 4.90 Å². The van der Waals surface area contributed by atoms with Crippen LogP contribution in [-0.4, -0.2) is 42.5 Å². The molecule has 0 radical (unpaired) electrons. The summed E-state index contributed by atoms with van der Waals surface area (Å²) in [5, 5.41) is 11.5. The maximum Gasteiger partial charge on any atom is 0.275 e. The fraction of sp³-hybridized carbons (Fsp3) is 0.667. The Morgan fingerprint density at radius 3 is 2.65 bits per heavy atom. The van der Waals surface area contributed by atoms with E-state index in [0.717, 1.165) is 6.42 Å². The van der Waals surface area contributed by atoms with Crippen LogP contribution in [0.5, 0.6) is 0 Å². The summed E-state index contributed by atoms with van der Waals surface area (Å²) in [6.07, 6.45) is 0.928. The number of aromatic amines is 1. The van der Waals surface area contributed by atoms with Crippen molar-refractivity contribution in [1.29, 1.82) is 0 Å². The normalized spacial score (nSPS) is 19.9. The summed E-state index contributed by atoms with van der Waals surface area (Å²) < 4.78 is 23.1. The molecule has 1 aromatic rings. The van der Waals surface area contributed by atoms with Crippen molar-refractivity contribution in [3.05, 3.63) is 11.4 Å². The highest BCUT2D eigenvalue weighted by Crippen LogP contribution is 2.26. The molecule has 1 aliphatic rings. The highest BCUT2D eigenvalue weighted by Gasteiger charge is 2.33. The molecule has 1 amide bonds. The minimum absolute atomic E-state index is 0.102. The van der Waals surface area contributed by atoms with Gasteiger partial charge < -0.3 is 4.90 Å². The van der Waals surface area contributed by atoms with E-state index in [0.29, 0.717) is 24.9 Å². The van der Waals surface area contributed by atoms with Gasteiger partial charge in [-0.15, -0.1) is 0 Å². The van der Waals surface area contributed by atoms with Crippen LogP contribution < -0.4 is 5.14 Å². The zero-order valence-electron chi connectivity index (χ0n) is 11.9. The van der Waals surface area contributed by atoms with E-state index in [9.17, 15) is 13.2 Å². The van der Waals surface area contributed by atoms with Gasteiger partial charge in [-0.2, -0.15) is 5.10 Å². The molecule has 20 heavy (non-hydrogen) atoms. The predicted octanol–water partition coefficient (Wildman–Crippen LogP) is 0.484. The third-order valence-corrected chi connectivity index (χ3v) is 4.90. The number of nitrogens with two attached hydrogens (primary N) is 1. The van der Waals surface area contributed by atoms with E-state index in [-0.39, 0.29) is 22.2 Å². The molecule has 7 nitrogen and oxygen atoms in total. The Bertz CT molecular complexity index is 621. The summed E-state index contributed by atoms with van der Waals surface area (Å²) in [6, 6.07) is 0. The van der Waals surface area contributed by atoms with Crippen LogP contribution in [0.2, 0.25) is 0 Å². The van der Waals surface area contributed by atoms with Crippen LogP contribution in [-0.2, 0) is 10.0 Å². The van der Waals surface area contributed by atoms with Gasteiger partial charge in [0.05, 0.1) is 5.69 Å². The number of sulfonamides is 1. The molecule has 2 heterocycles. The van der Waals surface area contributed by atoms with Crippen molar-refractivity contribution in [2.75, 3.05) is 13.1 Å². The number of hydrogen-bond donors (Lipinski definition) is 2. The van der Waals surface area contributed by atoms with Crippen LogP contribution in [0.25, 0.3) is 0 Å². The van der Waals surface area contributed by atoms with Crippen LogP contribution in [0, 0.1) is 18.8 Å².